The lowest BCUT2D eigenvalue weighted by molar-refractivity contribution is 0.0682. The molecule has 0 bridgehead atoms. The molecule has 6 heteroatoms. The third kappa shape index (κ3) is 2.81. The average molecular weight is 350 g/mol. The molecule has 0 saturated carbocycles. The Kier molecular flexibility index (Phi) is 4.11. The second-order valence-corrected chi connectivity index (χ2v) is 7.15. The summed E-state index contributed by atoms with van der Waals surface area (Å²) < 4.78 is 3.14. The molecular formula is C20H22N4O2. The van der Waals surface area contributed by atoms with Crippen LogP contribution in [0.1, 0.15) is 30.1 Å². The Hall–Kier alpha value is -2.89. The topological polar surface area (TPSA) is 60.1 Å². The molecule has 26 heavy (non-hydrogen) atoms. The second kappa shape index (κ2) is 6.44. The van der Waals surface area contributed by atoms with Crippen LogP contribution < -0.4 is 5.56 Å². The number of fused-ring (bicyclic) bond motifs is 1. The Morgan fingerprint density at radius 1 is 1.19 bits per heavy atom. The zero-order chi connectivity index (χ0) is 18.3. The van der Waals surface area contributed by atoms with Crippen molar-refractivity contribution >= 4 is 5.91 Å². The van der Waals surface area contributed by atoms with Crippen LogP contribution in [0.3, 0.4) is 0 Å². The van der Waals surface area contributed by atoms with Crippen LogP contribution in [-0.2, 0) is 7.05 Å². The Morgan fingerprint density at radius 2 is 1.96 bits per heavy atom. The van der Waals surface area contributed by atoms with Gasteiger partial charge in [0.25, 0.3) is 11.5 Å². The number of aromatic nitrogens is 3. The van der Waals surface area contributed by atoms with Crippen LogP contribution in [-0.4, -0.2) is 38.2 Å². The standard InChI is InChI=1S/C20H22N4O2/c1-14-7-6-10-23(11-14)19(25)16-12-22(2)13-17-18(16)21-24(20(17)26)15-8-4-3-5-9-15/h3-5,8-9,12-14H,6-7,10-11H2,1-2H3. The summed E-state index contributed by atoms with van der Waals surface area (Å²) in [5.74, 6) is 0.452. The number of amides is 1. The number of benzene rings is 1. The summed E-state index contributed by atoms with van der Waals surface area (Å²) in [6.45, 7) is 3.68. The van der Waals surface area contributed by atoms with Crippen molar-refractivity contribution in [3.63, 3.8) is 0 Å². The first-order valence-corrected chi connectivity index (χ1v) is 8.98. The average Bonchev–Trinajstić information content (AvgIpc) is 2.98. The van der Waals surface area contributed by atoms with E-state index in [2.05, 4.69) is 12.0 Å². The van der Waals surface area contributed by atoms with Crippen molar-refractivity contribution in [1.29, 1.82) is 0 Å². The lowest BCUT2D eigenvalue weighted by Gasteiger charge is -2.31. The van der Waals surface area contributed by atoms with E-state index in [0.717, 1.165) is 25.9 Å². The predicted molar refractivity (Wildman–Crippen MR) is 99.7 cm³/mol. The maximum Gasteiger partial charge on any atom is 0.282 e. The van der Waals surface area contributed by atoms with Gasteiger partial charge in [0.15, 0.2) is 0 Å². The van der Waals surface area contributed by atoms with Gasteiger partial charge in [-0.3, -0.25) is 9.59 Å². The lowest BCUT2D eigenvalue weighted by atomic mass is 9.99. The van der Waals surface area contributed by atoms with Crippen LogP contribution in [0.5, 0.6) is 0 Å². The van der Waals surface area contributed by atoms with E-state index in [1.165, 1.54) is 4.68 Å². The fourth-order valence-corrected chi connectivity index (χ4v) is 3.68. The van der Waals surface area contributed by atoms with E-state index in [0.29, 0.717) is 28.4 Å². The summed E-state index contributed by atoms with van der Waals surface area (Å²) in [6.07, 6.45) is 5.67. The molecule has 134 valence electrons. The molecule has 3 heterocycles. The van der Waals surface area contributed by atoms with E-state index < -0.39 is 0 Å². The number of hydrogen-bond acceptors (Lipinski definition) is 3. The number of carbonyl (C=O) groups is 1. The zero-order valence-electron chi connectivity index (χ0n) is 15.1. The monoisotopic (exact) mass is 350 g/mol. The number of carbonyl (C=O) groups excluding carboxylic acids is 1. The molecule has 1 aromatic carbocycles. The maximum atomic E-state index is 13.1. The Morgan fingerprint density at radius 3 is 2.69 bits per heavy atom. The number of rotatable bonds is 2. The van der Waals surface area contributed by atoms with E-state index in [-0.39, 0.29) is 11.5 Å². The summed E-state index contributed by atoms with van der Waals surface area (Å²) in [5, 5.41) is 4.50. The van der Waals surface area contributed by atoms with Gasteiger partial charge < -0.3 is 9.47 Å². The molecule has 0 N–H and O–H groups in total. The second-order valence-electron chi connectivity index (χ2n) is 7.15. The van der Waals surface area contributed by atoms with Crippen LogP contribution in [0, 0.1) is 5.92 Å². The first kappa shape index (κ1) is 16.6. The van der Waals surface area contributed by atoms with E-state index >= 15 is 0 Å². The molecule has 4 rings (SSSR count). The SMILES string of the molecule is CC1CCCN(C(=O)c2cn(C)cc3c(=O)n(-c4ccccc4)nc2-3)C1. The van der Waals surface area contributed by atoms with E-state index in [4.69, 9.17) is 0 Å². The summed E-state index contributed by atoms with van der Waals surface area (Å²) in [5.41, 5.74) is 1.92. The fourth-order valence-electron chi connectivity index (χ4n) is 3.68. The molecular weight excluding hydrogens is 328 g/mol. The molecule has 6 nitrogen and oxygen atoms in total. The number of aryl methyl sites for hydroxylation is 1. The fraction of sp³-hybridized carbons (Fsp3) is 0.350. The van der Waals surface area contributed by atoms with Crippen molar-refractivity contribution in [3.05, 3.63) is 58.6 Å². The largest absolute Gasteiger partial charge is 0.356 e. The van der Waals surface area contributed by atoms with Gasteiger partial charge in [0.2, 0.25) is 0 Å². The Bertz CT molecular complexity index is 973. The van der Waals surface area contributed by atoms with Crippen LogP contribution in [0.4, 0.5) is 0 Å². The molecule has 0 aromatic heterocycles. The number of para-hydroxylation sites is 1. The molecule has 0 radical (unpaired) electrons. The minimum absolute atomic E-state index is 0.0459. The van der Waals surface area contributed by atoms with Gasteiger partial charge in [0.05, 0.1) is 16.8 Å². The van der Waals surface area contributed by atoms with Gasteiger partial charge >= 0.3 is 0 Å². The molecule has 0 spiro atoms. The number of hydrogen-bond donors (Lipinski definition) is 0. The third-order valence-electron chi connectivity index (χ3n) is 4.97. The predicted octanol–water partition coefficient (Wildman–Crippen LogP) is 2.55. The van der Waals surface area contributed by atoms with Crippen LogP contribution in [0.25, 0.3) is 16.9 Å². The molecule has 1 fully saturated rings. The zero-order valence-corrected chi connectivity index (χ0v) is 15.1. The summed E-state index contributed by atoms with van der Waals surface area (Å²) >= 11 is 0. The van der Waals surface area contributed by atoms with E-state index in [9.17, 15) is 9.59 Å². The number of pyridine rings is 1. The van der Waals surface area contributed by atoms with E-state index in [1.807, 2.05) is 42.3 Å². The first-order chi connectivity index (χ1) is 12.5. The van der Waals surface area contributed by atoms with Crippen molar-refractivity contribution < 1.29 is 4.79 Å². The molecule has 1 atom stereocenters. The van der Waals surface area contributed by atoms with Gasteiger partial charge in [0, 0.05) is 32.5 Å². The lowest BCUT2D eigenvalue weighted by Crippen LogP contribution is -2.39. The number of likely N-dealkylation sites (tertiary alicyclic amines) is 1. The van der Waals surface area contributed by atoms with Gasteiger partial charge in [-0.2, -0.15) is 9.78 Å². The highest BCUT2D eigenvalue weighted by atomic mass is 16.2. The Balaban J connectivity index is 1.83. The van der Waals surface area contributed by atoms with Gasteiger partial charge in [0.1, 0.15) is 5.69 Å². The first-order valence-electron chi connectivity index (χ1n) is 8.98. The van der Waals surface area contributed by atoms with Crippen molar-refractivity contribution in [1.82, 2.24) is 19.2 Å². The molecule has 1 unspecified atom stereocenters. The minimum atomic E-state index is -0.205. The highest BCUT2D eigenvalue weighted by molar-refractivity contribution is 6.00. The number of nitrogens with zero attached hydrogens (tertiary/aromatic N) is 4. The molecule has 3 aliphatic rings. The van der Waals surface area contributed by atoms with Gasteiger partial charge in [-0.25, -0.2) is 0 Å². The highest BCUT2D eigenvalue weighted by Crippen LogP contribution is 2.25. The summed E-state index contributed by atoms with van der Waals surface area (Å²) in [6, 6.07) is 9.29. The summed E-state index contributed by atoms with van der Waals surface area (Å²) in [7, 11) is 1.83. The van der Waals surface area contributed by atoms with E-state index in [1.54, 1.807) is 17.0 Å². The summed E-state index contributed by atoms with van der Waals surface area (Å²) in [4.78, 5) is 27.9. The normalized spacial score (nSPS) is 17.6. The molecule has 1 saturated heterocycles. The maximum absolute atomic E-state index is 13.1. The van der Waals surface area contributed by atoms with Crippen LogP contribution >= 0.6 is 0 Å². The molecule has 3 aliphatic heterocycles. The highest BCUT2D eigenvalue weighted by Gasteiger charge is 2.28. The van der Waals surface area contributed by atoms with Crippen molar-refractivity contribution in [3.8, 4) is 16.9 Å². The number of piperidine rings is 1. The molecule has 0 aliphatic carbocycles. The minimum Gasteiger partial charge on any atom is -0.356 e. The van der Waals surface area contributed by atoms with Crippen molar-refractivity contribution in [2.24, 2.45) is 13.0 Å². The van der Waals surface area contributed by atoms with Gasteiger partial charge in [-0.15, -0.1) is 0 Å². The molecule has 1 amide bonds. The molecule has 1 aromatic rings. The van der Waals surface area contributed by atoms with Crippen LogP contribution in [0.2, 0.25) is 0 Å². The van der Waals surface area contributed by atoms with Crippen LogP contribution in [0.15, 0.2) is 47.5 Å². The smallest absolute Gasteiger partial charge is 0.282 e. The van der Waals surface area contributed by atoms with Gasteiger partial charge in [-0.05, 0) is 30.9 Å². The quantitative estimate of drug-likeness (QED) is 0.714. The van der Waals surface area contributed by atoms with Crippen molar-refractivity contribution in [2.45, 2.75) is 19.8 Å². The third-order valence-corrected chi connectivity index (χ3v) is 4.97. The Labute approximate surface area is 152 Å². The van der Waals surface area contributed by atoms with Gasteiger partial charge in [-0.1, -0.05) is 25.1 Å². The van der Waals surface area contributed by atoms with Crippen molar-refractivity contribution in [2.75, 3.05) is 13.1 Å².